The molecule has 2 amide bonds. The Kier molecular flexibility index (Phi) is 7.77. The lowest BCUT2D eigenvalue weighted by molar-refractivity contribution is -0.132. The Balaban J connectivity index is 1.33. The van der Waals surface area contributed by atoms with Gasteiger partial charge in [-0.2, -0.15) is 0 Å². The first kappa shape index (κ1) is 25.1. The van der Waals surface area contributed by atoms with Gasteiger partial charge in [0, 0.05) is 43.3 Å². The van der Waals surface area contributed by atoms with Crippen molar-refractivity contribution >= 4 is 17.6 Å². The summed E-state index contributed by atoms with van der Waals surface area (Å²) in [6.07, 6.45) is 0. The predicted molar refractivity (Wildman–Crippen MR) is 135 cm³/mol. The Hall–Kier alpha value is -4.01. The molecule has 2 aromatic carbocycles. The SMILES string of the molecule is COc1ccc(-c2ccc(N3CCN(C(=O)CN(C(=O)c4ccc(F)cc4)C(C)C)CC3)nn2)cc1. The summed E-state index contributed by atoms with van der Waals surface area (Å²) in [6, 6.07) is 16.7. The molecule has 1 saturated heterocycles. The van der Waals surface area contributed by atoms with Crippen molar-refractivity contribution in [1.82, 2.24) is 20.0 Å². The molecule has 0 saturated carbocycles. The van der Waals surface area contributed by atoms with E-state index in [2.05, 4.69) is 15.1 Å². The number of anilines is 1. The van der Waals surface area contributed by atoms with E-state index in [1.54, 1.807) is 12.0 Å². The molecule has 36 heavy (non-hydrogen) atoms. The Morgan fingerprint density at radius 2 is 1.61 bits per heavy atom. The van der Waals surface area contributed by atoms with Gasteiger partial charge in [0.1, 0.15) is 18.1 Å². The molecule has 3 aromatic rings. The molecule has 188 valence electrons. The quantitative estimate of drug-likeness (QED) is 0.504. The van der Waals surface area contributed by atoms with Gasteiger partial charge in [-0.05, 0) is 74.5 Å². The van der Waals surface area contributed by atoms with Crippen molar-refractivity contribution in [3.8, 4) is 17.0 Å². The maximum Gasteiger partial charge on any atom is 0.254 e. The van der Waals surface area contributed by atoms with Gasteiger partial charge in [-0.1, -0.05) is 0 Å². The van der Waals surface area contributed by atoms with Gasteiger partial charge in [0.05, 0.1) is 12.8 Å². The number of benzene rings is 2. The van der Waals surface area contributed by atoms with Crippen molar-refractivity contribution in [1.29, 1.82) is 0 Å². The highest BCUT2D eigenvalue weighted by molar-refractivity contribution is 5.96. The van der Waals surface area contributed by atoms with Gasteiger partial charge in [-0.3, -0.25) is 9.59 Å². The summed E-state index contributed by atoms with van der Waals surface area (Å²) in [7, 11) is 1.63. The number of carbonyl (C=O) groups excluding carboxylic acids is 2. The number of rotatable bonds is 7. The zero-order chi connectivity index (χ0) is 25.7. The molecule has 0 aliphatic carbocycles. The molecule has 1 aliphatic rings. The van der Waals surface area contributed by atoms with Gasteiger partial charge in [0.2, 0.25) is 5.91 Å². The van der Waals surface area contributed by atoms with Gasteiger partial charge in [-0.15, -0.1) is 10.2 Å². The van der Waals surface area contributed by atoms with E-state index in [1.165, 1.54) is 29.2 Å². The number of ether oxygens (including phenoxy) is 1. The normalized spacial score (nSPS) is 13.6. The zero-order valence-electron chi connectivity index (χ0n) is 20.7. The monoisotopic (exact) mass is 491 g/mol. The van der Waals surface area contributed by atoms with Gasteiger partial charge >= 0.3 is 0 Å². The lowest BCUT2D eigenvalue weighted by atomic mass is 10.1. The molecule has 0 atom stereocenters. The lowest BCUT2D eigenvalue weighted by Gasteiger charge is -2.36. The van der Waals surface area contributed by atoms with Crippen LogP contribution in [0.25, 0.3) is 11.3 Å². The number of hydrogen-bond acceptors (Lipinski definition) is 6. The van der Waals surface area contributed by atoms with Gasteiger partial charge in [-0.25, -0.2) is 4.39 Å². The van der Waals surface area contributed by atoms with E-state index >= 15 is 0 Å². The van der Waals surface area contributed by atoms with Crippen LogP contribution in [0.3, 0.4) is 0 Å². The van der Waals surface area contributed by atoms with Crippen LogP contribution in [0.4, 0.5) is 10.2 Å². The zero-order valence-corrected chi connectivity index (χ0v) is 20.7. The van der Waals surface area contributed by atoms with Gasteiger partial charge < -0.3 is 19.4 Å². The molecule has 0 N–H and O–H groups in total. The van der Waals surface area contributed by atoms with Crippen LogP contribution in [0.15, 0.2) is 60.7 Å². The lowest BCUT2D eigenvalue weighted by Crippen LogP contribution is -2.53. The standard InChI is InChI=1S/C27H30FN5O3/c1-19(2)33(27(35)21-4-8-22(28)9-5-21)18-26(34)32-16-14-31(15-17-32)25-13-12-24(29-30-25)20-6-10-23(36-3)11-7-20/h4-13,19H,14-18H2,1-3H3. The summed E-state index contributed by atoms with van der Waals surface area (Å²) in [5.41, 5.74) is 2.09. The van der Waals surface area contributed by atoms with E-state index in [-0.39, 0.29) is 24.4 Å². The average molecular weight is 492 g/mol. The topological polar surface area (TPSA) is 78.9 Å². The van der Waals surface area contributed by atoms with Gasteiger partial charge in [0.15, 0.2) is 5.82 Å². The molecular weight excluding hydrogens is 461 g/mol. The minimum atomic E-state index is -0.406. The third kappa shape index (κ3) is 5.79. The molecule has 1 aliphatic heterocycles. The number of halogens is 1. The molecule has 8 nitrogen and oxygen atoms in total. The largest absolute Gasteiger partial charge is 0.497 e. The third-order valence-electron chi connectivity index (χ3n) is 6.27. The van der Waals surface area contributed by atoms with Crippen LogP contribution >= 0.6 is 0 Å². The maximum atomic E-state index is 13.2. The number of amides is 2. The van der Waals surface area contributed by atoms with E-state index in [0.29, 0.717) is 31.7 Å². The number of piperazine rings is 1. The fourth-order valence-electron chi connectivity index (χ4n) is 4.09. The number of carbonyl (C=O) groups is 2. The molecule has 1 aromatic heterocycles. The predicted octanol–water partition coefficient (Wildman–Crippen LogP) is 3.49. The Labute approximate surface area is 210 Å². The highest BCUT2D eigenvalue weighted by atomic mass is 19.1. The van der Waals surface area contributed by atoms with E-state index in [4.69, 9.17) is 4.74 Å². The van der Waals surface area contributed by atoms with E-state index < -0.39 is 5.82 Å². The molecule has 0 spiro atoms. The van der Waals surface area contributed by atoms with E-state index in [0.717, 1.165) is 22.8 Å². The van der Waals surface area contributed by atoms with Crippen LogP contribution < -0.4 is 9.64 Å². The van der Waals surface area contributed by atoms with E-state index in [9.17, 15) is 14.0 Å². The molecule has 9 heteroatoms. The minimum absolute atomic E-state index is 0.0236. The smallest absolute Gasteiger partial charge is 0.254 e. The molecule has 4 rings (SSSR count). The second-order valence-corrected chi connectivity index (χ2v) is 8.91. The van der Waals surface area contributed by atoms with Crippen LogP contribution in [-0.4, -0.2) is 77.7 Å². The van der Waals surface area contributed by atoms with Crippen molar-refractivity contribution < 1.29 is 18.7 Å². The number of methoxy groups -OCH3 is 1. The second kappa shape index (κ2) is 11.2. The highest BCUT2D eigenvalue weighted by Gasteiger charge is 2.27. The first-order valence-corrected chi connectivity index (χ1v) is 11.9. The Bertz CT molecular complexity index is 1180. The minimum Gasteiger partial charge on any atom is -0.497 e. The summed E-state index contributed by atoms with van der Waals surface area (Å²) in [5, 5.41) is 8.75. The molecule has 0 unspecified atom stereocenters. The summed E-state index contributed by atoms with van der Waals surface area (Å²) in [4.78, 5) is 31.3. The van der Waals surface area contributed by atoms with Crippen LogP contribution in [0.2, 0.25) is 0 Å². The van der Waals surface area contributed by atoms with Crippen LogP contribution in [0.1, 0.15) is 24.2 Å². The van der Waals surface area contributed by atoms with Crippen molar-refractivity contribution in [2.24, 2.45) is 0 Å². The van der Waals surface area contributed by atoms with Crippen molar-refractivity contribution in [2.45, 2.75) is 19.9 Å². The van der Waals surface area contributed by atoms with Crippen LogP contribution in [-0.2, 0) is 4.79 Å². The van der Waals surface area contributed by atoms with Crippen molar-refractivity contribution in [3.63, 3.8) is 0 Å². The fourth-order valence-corrected chi connectivity index (χ4v) is 4.09. The fraction of sp³-hybridized carbons (Fsp3) is 0.333. The summed E-state index contributed by atoms with van der Waals surface area (Å²) in [6.45, 7) is 5.99. The highest BCUT2D eigenvalue weighted by Crippen LogP contribution is 2.22. The molecule has 2 heterocycles. The average Bonchev–Trinajstić information content (AvgIpc) is 2.91. The number of hydrogen-bond donors (Lipinski definition) is 0. The van der Waals surface area contributed by atoms with Crippen LogP contribution in [0, 0.1) is 5.82 Å². The molecule has 1 fully saturated rings. The first-order valence-electron chi connectivity index (χ1n) is 11.9. The molecule has 0 bridgehead atoms. The summed E-state index contributed by atoms with van der Waals surface area (Å²) >= 11 is 0. The maximum absolute atomic E-state index is 13.2. The summed E-state index contributed by atoms with van der Waals surface area (Å²) in [5.74, 6) is 0.738. The third-order valence-corrected chi connectivity index (χ3v) is 6.27. The second-order valence-electron chi connectivity index (χ2n) is 8.91. The van der Waals surface area contributed by atoms with E-state index in [1.807, 2.05) is 50.2 Å². The van der Waals surface area contributed by atoms with Crippen molar-refractivity contribution in [3.05, 3.63) is 72.0 Å². The van der Waals surface area contributed by atoms with Crippen molar-refractivity contribution in [2.75, 3.05) is 44.7 Å². The number of aromatic nitrogens is 2. The Morgan fingerprint density at radius 3 is 2.17 bits per heavy atom. The summed E-state index contributed by atoms with van der Waals surface area (Å²) < 4.78 is 18.4. The van der Waals surface area contributed by atoms with Crippen LogP contribution in [0.5, 0.6) is 5.75 Å². The Morgan fingerprint density at radius 1 is 0.944 bits per heavy atom. The molecular formula is C27H30FN5O3. The molecule has 0 radical (unpaired) electrons. The van der Waals surface area contributed by atoms with Gasteiger partial charge in [0.25, 0.3) is 5.91 Å². The first-order chi connectivity index (χ1) is 17.4. The number of nitrogens with zero attached hydrogens (tertiary/aromatic N) is 5.